The fourth-order valence-electron chi connectivity index (χ4n) is 1.55. The quantitative estimate of drug-likeness (QED) is 0.807. The number of nitrogens with two attached hydrogens (primary N) is 1. The number of rotatable bonds is 1. The third-order valence-corrected chi connectivity index (χ3v) is 3.24. The predicted octanol–water partition coefficient (Wildman–Crippen LogP) is 3.57. The molecular weight excluding hydrogens is 264 g/mol. The van der Waals surface area contributed by atoms with Crippen LogP contribution in [0.5, 0.6) is 0 Å². The lowest BCUT2D eigenvalue weighted by Gasteiger charge is -2.08. The van der Waals surface area contributed by atoms with E-state index in [1.807, 2.05) is 36.4 Å². The van der Waals surface area contributed by atoms with Crippen molar-refractivity contribution in [1.29, 1.82) is 5.26 Å². The molecule has 2 N–H and O–H groups in total. The molecule has 2 aromatic carbocycles. The van der Waals surface area contributed by atoms with Gasteiger partial charge in [0.25, 0.3) is 0 Å². The van der Waals surface area contributed by atoms with Crippen molar-refractivity contribution in [2.75, 3.05) is 5.73 Å². The van der Waals surface area contributed by atoms with Crippen molar-refractivity contribution in [1.82, 2.24) is 0 Å². The lowest BCUT2D eigenvalue weighted by atomic mass is 10.0. The second-order valence-corrected chi connectivity index (χ2v) is 4.16. The molecule has 78 valence electrons. The Morgan fingerprint density at radius 1 is 1.06 bits per heavy atom. The molecule has 2 nitrogen and oxygen atoms in total. The molecule has 16 heavy (non-hydrogen) atoms. The normalized spacial score (nSPS) is 9.75. The minimum absolute atomic E-state index is 0.553. The summed E-state index contributed by atoms with van der Waals surface area (Å²) < 4.78 is 0.663. The van der Waals surface area contributed by atoms with Crippen LogP contribution in [0.1, 0.15) is 5.56 Å². The summed E-state index contributed by atoms with van der Waals surface area (Å²) in [6.07, 6.45) is 0. The number of hydrogen-bond acceptors (Lipinski definition) is 2. The Morgan fingerprint density at radius 3 is 2.38 bits per heavy atom. The SMILES string of the molecule is N#Cc1ccc(-c2ccccc2)c(N)c1Br. The number of benzene rings is 2. The zero-order chi connectivity index (χ0) is 11.5. The Bertz CT molecular complexity index is 556. The van der Waals surface area contributed by atoms with E-state index in [1.165, 1.54) is 0 Å². The van der Waals surface area contributed by atoms with Gasteiger partial charge >= 0.3 is 0 Å². The highest BCUT2D eigenvalue weighted by Crippen LogP contribution is 2.33. The van der Waals surface area contributed by atoms with Crippen LogP contribution in [-0.2, 0) is 0 Å². The van der Waals surface area contributed by atoms with E-state index in [0.717, 1.165) is 11.1 Å². The molecule has 0 aromatic heterocycles. The minimum Gasteiger partial charge on any atom is -0.397 e. The van der Waals surface area contributed by atoms with Gasteiger partial charge in [0, 0.05) is 5.56 Å². The van der Waals surface area contributed by atoms with Crippen LogP contribution in [0.3, 0.4) is 0 Å². The van der Waals surface area contributed by atoms with Gasteiger partial charge in [0.15, 0.2) is 0 Å². The van der Waals surface area contributed by atoms with E-state index >= 15 is 0 Å². The predicted molar refractivity (Wildman–Crippen MR) is 68.7 cm³/mol. The van der Waals surface area contributed by atoms with Gasteiger partial charge in [0.2, 0.25) is 0 Å². The molecule has 0 spiro atoms. The fraction of sp³-hybridized carbons (Fsp3) is 0. The van der Waals surface area contributed by atoms with Crippen molar-refractivity contribution in [3.63, 3.8) is 0 Å². The van der Waals surface area contributed by atoms with E-state index in [-0.39, 0.29) is 0 Å². The van der Waals surface area contributed by atoms with Crippen molar-refractivity contribution in [2.45, 2.75) is 0 Å². The standard InChI is InChI=1S/C13H9BrN2/c14-12-10(8-15)6-7-11(13(12)16)9-4-2-1-3-5-9/h1-7H,16H2. The summed E-state index contributed by atoms with van der Waals surface area (Å²) in [7, 11) is 0. The third-order valence-electron chi connectivity index (χ3n) is 2.39. The number of nitriles is 1. The largest absolute Gasteiger partial charge is 0.397 e. The highest BCUT2D eigenvalue weighted by atomic mass is 79.9. The van der Waals surface area contributed by atoms with E-state index < -0.39 is 0 Å². The molecule has 0 heterocycles. The number of nitrogens with zero attached hydrogens (tertiary/aromatic N) is 1. The second kappa shape index (κ2) is 4.38. The summed E-state index contributed by atoms with van der Waals surface area (Å²) in [6, 6.07) is 15.6. The van der Waals surface area contributed by atoms with Gasteiger partial charge in [-0.2, -0.15) is 5.26 Å². The number of nitrogen functional groups attached to an aromatic ring is 1. The van der Waals surface area contributed by atoms with Gasteiger partial charge in [-0.15, -0.1) is 0 Å². The number of halogens is 1. The molecule has 0 aliphatic carbocycles. The molecule has 0 aliphatic heterocycles. The average Bonchev–Trinajstić information content (AvgIpc) is 2.34. The molecule has 2 rings (SSSR count). The van der Waals surface area contributed by atoms with E-state index in [2.05, 4.69) is 22.0 Å². The van der Waals surface area contributed by atoms with Crippen molar-refractivity contribution in [3.05, 3.63) is 52.5 Å². The monoisotopic (exact) mass is 272 g/mol. The molecule has 0 bridgehead atoms. The van der Waals surface area contributed by atoms with Gasteiger partial charge in [-0.3, -0.25) is 0 Å². The van der Waals surface area contributed by atoms with Gasteiger partial charge in [0.1, 0.15) is 6.07 Å². The summed E-state index contributed by atoms with van der Waals surface area (Å²) in [6.45, 7) is 0. The molecule has 0 aliphatic rings. The van der Waals surface area contributed by atoms with Gasteiger partial charge < -0.3 is 5.73 Å². The van der Waals surface area contributed by atoms with Gasteiger partial charge in [-0.1, -0.05) is 36.4 Å². The first-order chi connectivity index (χ1) is 7.74. The Labute approximate surface area is 102 Å². The Balaban J connectivity index is 2.62. The molecule has 0 unspecified atom stereocenters. The van der Waals surface area contributed by atoms with Crippen molar-refractivity contribution >= 4 is 21.6 Å². The van der Waals surface area contributed by atoms with Gasteiger partial charge in [-0.25, -0.2) is 0 Å². The van der Waals surface area contributed by atoms with Crippen LogP contribution >= 0.6 is 15.9 Å². The van der Waals surface area contributed by atoms with Crippen molar-refractivity contribution in [3.8, 4) is 17.2 Å². The second-order valence-electron chi connectivity index (χ2n) is 3.37. The maximum absolute atomic E-state index is 8.87. The van der Waals surface area contributed by atoms with Crippen LogP contribution in [0.15, 0.2) is 46.9 Å². The van der Waals surface area contributed by atoms with E-state index in [9.17, 15) is 0 Å². The average molecular weight is 273 g/mol. The highest BCUT2D eigenvalue weighted by molar-refractivity contribution is 9.10. The third kappa shape index (κ3) is 1.80. The van der Waals surface area contributed by atoms with Crippen LogP contribution in [0.4, 0.5) is 5.69 Å². The Hall–Kier alpha value is -1.79. The Morgan fingerprint density at radius 2 is 1.75 bits per heavy atom. The fourth-order valence-corrected chi connectivity index (χ4v) is 1.98. The topological polar surface area (TPSA) is 49.8 Å². The maximum Gasteiger partial charge on any atom is 0.100 e. The van der Waals surface area contributed by atoms with Crippen molar-refractivity contribution in [2.24, 2.45) is 0 Å². The smallest absolute Gasteiger partial charge is 0.100 e. The van der Waals surface area contributed by atoms with Crippen molar-refractivity contribution < 1.29 is 0 Å². The first-order valence-corrected chi connectivity index (χ1v) is 5.57. The summed E-state index contributed by atoms with van der Waals surface area (Å²) in [5, 5.41) is 8.87. The molecule has 0 radical (unpaired) electrons. The van der Waals surface area contributed by atoms with Gasteiger partial charge in [-0.05, 0) is 27.6 Å². The van der Waals surface area contributed by atoms with E-state index in [4.69, 9.17) is 11.0 Å². The molecule has 0 saturated carbocycles. The van der Waals surface area contributed by atoms with Crippen LogP contribution in [-0.4, -0.2) is 0 Å². The first kappa shape index (κ1) is 10.7. The summed E-state index contributed by atoms with van der Waals surface area (Å²) in [5.74, 6) is 0. The summed E-state index contributed by atoms with van der Waals surface area (Å²) >= 11 is 3.34. The number of hydrogen-bond donors (Lipinski definition) is 1. The van der Waals surface area contributed by atoms with E-state index in [0.29, 0.717) is 15.7 Å². The minimum atomic E-state index is 0.553. The van der Waals surface area contributed by atoms with Crippen LogP contribution in [0, 0.1) is 11.3 Å². The lowest BCUT2D eigenvalue weighted by Crippen LogP contribution is -1.93. The number of anilines is 1. The zero-order valence-corrected chi connectivity index (χ0v) is 10.0. The molecule has 0 amide bonds. The van der Waals surface area contributed by atoms with Crippen LogP contribution < -0.4 is 5.73 Å². The molecular formula is C13H9BrN2. The molecule has 0 saturated heterocycles. The lowest BCUT2D eigenvalue weighted by molar-refractivity contribution is 1.46. The summed E-state index contributed by atoms with van der Waals surface area (Å²) in [5.41, 5.74) is 9.13. The molecule has 0 atom stereocenters. The van der Waals surface area contributed by atoms with Crippen LogP contribution in [0.25, 0.3) is 11.1 Å². The molecule has 0 fully saturated rings. The van der Waals surface area contributed by atoms with Crippen LogP contribution in [0.2, 0.25) is 0 Å². The first-order valence-electron chi connectivity index (χ1n) is 4.77. The molecule has 2 aromatic rings. The summed E-state index contributed by atoms with van der Waals surface area (Å²) in [4.78, 5) is 0. The maximum atomic E-state index is 8.87. The highest BCUT2D eigenvalue weighted by Gasteiger charge is 2.09. The Kier molecular flexibility index (Phi) is 2.93. The molecule has 3 heteroatoms. The van der Waals surface area contributed by atoms with E-state index in [1.54, 1.807) is 6.07 Å². The zero-order valence-electron chi connectivity index (χ0n) is 8.44. The van der Waals surface area contributed by atoms with Gasteiger partial charge in [0.05, 0.1) is 15.7 Å².